The molecular formula is C28H25N9O. The number of nitrogens with two attached hydrogens (primary N) is 2. The molecule has 0 saturated heterocycles. The molecule has 4 heterocycles. The summed E-state index contributed by atoms with van der Waals surface area (Å²) in [4.78, 5) is 24.7. The lowest BCUT2D eigenvalue weighted by Gasteiger charge is -2.11. The van der Waals surface area contributed by atoms with Crippen LogP contribution in [0.25, 0.3) is 39.3 Å². The highest BCUT2D eigenvalue weighted by atomic mass is 16.4. The van der Waals surface area contributed by atoms with Gasteiger partial charge in [0, 0.05) is 53.0 Å². The fraction of sp³-hybridized carbons (Fsp3) is 0.107. The van der Waals surface area contributed by atoms with Crippen molar-refractivity contribution in [3.8, 4) is 33.8 Å². The number of hydrogen-bond donors (Lipinski definition) is 5. The van der Waals surface area contributed by atoms with Crippen molar-refractivity contribution < 1.29 is 5.21 Å². The molecule has 0 amide bonds. The standard InChI is InChI=1S/C28H25N9O/c29-13-23-34-25(16-3-7-31-8-4-16)27(36-23)18-1-2-20-19(15-33-38)12-22(21(20)11-18)28-26(35-24(14-30)37-28)17-5-9-32-10-6-17/h1-12,15,19,38H,13-14,29-30H2,(H,34,36)(H,35,37). The number of nitrogens with one attached hydrogen (secondary N) is 2. The van der Waals surface area contributed by atoms with Crippen molar-refractivity contribution in [3.63, 3.8) is 0 Å². The average Bonchev–Trinajstić information content (AvgIpc) is 3.69. The number of allylic oxidation sites excluding steroid dienone is 1. The maximum absolute atomic E-state index is 9.37. The number of hydrogen-bond acceptors (Lipinski definition) is 8. The van der Waals surface area contributed by atoms with E-state index in [-0.39, 0.29) is 19.0 Å². The molecule has 1 aliphatic carbocycles. The van der Waals surface area contributed by atoms with Gasteiger partial charge in [0.1, 0.15) is 11.6 Å². The van der Waals surface area contributed by atoms with Gasteiger partial charge >= 0.3 is 0 Å². The third-order valence-electron chi connectivity index (χ3n) is 6.64. The first-order valence-electron chi connectivity index (χ1n) is 12.1. The van der Waals surface area contributed by atoms with Gasteiger partial charge in [-0.3, -0.25) is 9.97 Å². The highest BCUT2D eigenvalue weighted by Crippen LogP contribution is 2.43. The van der Waals surface area contributed by atoms with Crippen molar-refractivity contribution in [2.45, 2.75) is 19.0 Å². The van der Waals surface area contributed by atoms with Gasteiger partial charge in [0.05, 0.1) is 42.1 Å². The third kappa shape index (κ3) is 4.07. The van der Waals surface area contributed by atoms with Crippen LogP contribution < -0.4 is 11.5 Å². The summed E-state index contributed by atoms with van der Waals surface area (Å²) < 4.78 is 0. The maximum atomic E-state index is 9.37. The van der Waals surface area contributed by atoms with Gasteiger partial charge in [-0.25, -0.2) is 9.97 Å². The van der Waals surface area contributed by atoms with Crippen LogP contribution in [0.2, 0.25) is 0 Å². The number of pyridine rings is 2. The van der Waals surface area contributed by atoms with E-state index in [0.717, 1.165) is 56.2 Å². The Kier molecular flexibility index (Phi) is 6.08. The number of fused-ring (bicyclic) bond motifs is 1. The summed E-state index contributed by atoms with van der Waals surface area (Å²) in [5.74, 6) is 1.14. The van der Waals surface area contributed by atoms with E-state index in [0.29, 0.717) is 11.6 Å². The highest BCUT2D eigenvalue weighted by molar-refractivity contribution is 5.96. The lowest BCUT2D eigenvalue weighted by Crippen LogP contribution is -1.98. The third-order valence-corrected chi connectivity index (χ3v) is 6.64. The molecule has 1 aliphatic rings. The van der Waals surface area contributed by atoms with Crippen molar-refractivity contribution in [2.75, 3.05) is 0 Å². The van der Waals surface area contributed by atoms with Crippen molar-refractivity contribution in [2.24, 2.45) is 16.6 Å². The minimum absolute atomic E-state index is 0.221. The number of oxime groups is 1. The van der Waals surface area contributed by atoms with Crippen LogP contribution in [0.15, 0.2) is 78.5 Å². The largest absolute Gasteiger partial charge is 0.411 e. The monoisotopic (exact) mass is 503 g/mol. The van der Waals surface area contributed by atoms with Crippen LogP contribution in [-0.2, 0) is 13.1 Å². The zero-order valence-corrected chi connectivity index (χ0v) is 20.3. The molecule has 0 bridgehead atoms. The Hall–Kier alpha value is -4.93. The number of rotatable bonds is 7. The Labute approximate surface area is 218 Å². The van der Waals surface area contributed by atoms with Crippen LogP contribution in [0, 0.1) is 0 Å². The number of aromatic nitrogens is 6. The fourth-order valence-electron chi connectivity index (χ4n) is 4.88. The number of aromatic amines is 2. The Morgan fingerprint density at radius 1 is 0.789 bits per heavy atom. The zero-order chi connectivity index (χ0) is 26.1. The minimum atomic E-state index is -0.221. The molecule has 38 heavy (non-hydrogen) atoms. The number of imidazole rings is 2. The van der Waals surface area contributed by atoms with Gasteiger partial charge in [-0.05, 0) is 41.5 Å². The second-order valence-electron chi connectivity index (χ2n) is 8.87. The summed E-state index contributed by atoms with van der Waals surface area (Å²) in [7, 11) is 0. The predicted molar refractivity (Wildman–Crippen MR) is 145 cm³/mol. The molecule has 10 nitrogen and oxygen atoms in total. The second kappa shape index (κ2) is 9.85. The van der Waals surface area contributed by atoms with E-state index < -0.39 is 0 Å². The first-order valence-corrected chi connectivity index (χ1v) is 12.1. The van der Waals surface area contributed by atoms with Gasteiger partial charge in [0.25, 0.3) is 0 Å². The molecule has 0 saturated carbocycles. The first-order chi connectivity index (χ1) is 18.7. The molecule has 0 fully saturated rings. The maximum Gasteiger partial charge on any atom is 0.121 e. The van der Waals surface area contributed by atoms with Gasteiger partial charge in [0.15, 0.2) is 0 Å². The number of nitrogens with zero attached hydrogens (tertiary/aromatic N) is 5. The minimum Gasteiger partial charge on any atom is -0.411 e. The summed E-state index contributed by atoms with van der Waals surface area (Å²) in [5, 5.41) is 12.7. The van der Waals surface area contributed by atoms with Crippen LogP contribution in [0.1, 0.15) is 34.4 Å². The molecule has 10 heteroatoms. The molecule has 6 rings (SSSR count). The molecule has 5 aromatic rings. The van der Waals surface area contributed by atoms with Crippen LogP contribution in [0.5, 0.6) is 0 Å². The predicted octanol–water partition coefficient (Wildman–Crippen LogP) is 3.83. The molecule has 1 unspecified atom stereocenters. The molecular weight excluding hydrogens is 478 g/mol. The fourth-order valence-corrected chi connectivity index (χ4v) is 4.88. The summed E-state index contributed by atoms with van der Waals surface area (Å²) in [5.41, 5.74) is 20.9. The number of benzene rings is 1. The molecule has 188 valence electrons. The molecule has 0 aliphatic heterocycles. The van der Waals surface area contributed by atoms with Crippen LogP contribution >= 0.6 is 0 Å². The summed E-state index contributed by atoms with van der Waals surface area (Å²) in [6, 6.07) is 13.9. The SMILES string of the molecule is NCc1nc(C2=CC(C=NO)c3ccc(-c4nc(CN)[nH]c4-c4ccncc4)cc32)c(-c2ccncc2)[nH]1. The topological polar surface area (TPSA) is 168 Å². The van der Waals surface area contributed by atoms with E-state index in [2.05, 4.69) is 37.2 Å². The van der Waals surface area contributed by atoms with Crippen molar-refractivity contribution in [1.82, 2.24) is 29.9 Å². The van der Waals surface area contributed by atoms with Gasteiger partial charge in [-0.15, -0.1) is 5.16 Å². The average molecular weight is 504 g/mol. The number of H-pyrrole nitrogens is 2. The molecule has 0 spiro atoms. The van der Waals surface area contributed by atoms with Crippen LogP contribution in [-0.4, -0.2) is 41.3 Å². The summed E-state index contributed by atoms with van der Waals surface area (Å²) in [6.45, 7) is 0.553. The van der Waals surface area contributed by atoms with E-state index >= 15 is 0 Å². The van der Waals surface area contributed by atoms with Gasteiger partial charge in [0.2, 0.25) is 0 Å². The van der Waals surface area contributed by atoms with Crippen molar-refractivity contribution >= 4 is 11.8 Å². The Bertz CT molecular complexity index is 1650. The summed E-state index contributed by atoms with van der Waals surface area (Å²) >= 11 is 0. The highest BCUT2D eigenvalue weighted by Gasteiger charge is 2.28. The Morgan fingerprint density at radius 3 is 1.95 bits per heavy atom. The van der Waals surface area contributed by atoms with Gasteiger partial charge in [-0.1, -0.05) is 18.2 Å². The first kappa shape index (κ1) is 23.5. The van der Waals surface area contributed by atoms with Gasteiger partial charge in [-0.2, -0.15) is 0 Å². The van der Waals surface area contributed by atoms with Crippen molar-refractivity contribution in [1.29, 1.82) is 0 Å². The zero-order valence-electron chi connectivity index (χ0n) is 20.3. The molecule has 7 N–H and O–H groups in total. The van der Waals surface area contributed by atoms with Gasteiger partial charge < -0.3 is 26.6 Å². The van der Waals surface area contributed by atoms with E-state index in [1.54, 1.807) is 24.8 Å². The van der Waals surface area contributed by atoms with E-state index in [1.165, 1.54) is 6.21 Å². The Morgan fingerprint density at radius 2 is 1.37 bits per heavy atom. The van der Waals surface area contributed by atoms with Crippen LogP contribution in [0.3, 0.4) is 0 Å². The lowest BCUT2D eigenvalue weighted by molar-refractivity contribution is 0.320. The smallest absolute Gasteiger partial charge is 0.121 e. The normalized spacial score (nSPS) is 14.7. The Balaban J connectivity index is 1.53. The molecule has 4 aromatic heterocycles. The molecule has 0 radical (unpaired) electrons. The lowest BCUT2D eigenvalue weighted by atomic mass is 9.94. The quantitative estimate of drug-likeness (QED) is 0.128. The van der Waals surface area contributed by atoms with Crippen molar-refractivity contribution in [3.05, 3.63) is 102 Å². The second-order valence-corrected chi connectivity index (χ2v) is 8.87. The molecule has 1 aromatic carbocycles. The summed E-state index contributed by atoms with van der Waals surface area (Å²) in [6.07, 6.45) is 10.5. The van der Waals surface area contributed by atoms with E-state index in [1.807, 2.05) is 36.4 Å². The molecule has 1 atom stereocenters. The van der Waals surface area contributed by atoms with E-state index in [4.69, 9.17) is 21.4 Å². The van der Waals surface area contributed by atoms with Crippen LogP contribution in [0.4, 0.5) is 0 Å². The van der Waals surface area contributed by atoms with E-state index in [9.17, 15) is 5.21 Å².